The number of benzene rings is 2. The van der Waals surface area contributed by atoms with E-state index in [-0.39, 0.29) is 17.4 Å². The van der Waals surface area contributed by atoms with Gasteiger partial charge in [-0.15, -0.1) is 0 Å². The number of hydrogen-bond donors (Lipinski definition) is 1. The Morgan fingerprint density at radius 2 is 1.57 bits per heavy atom. The number of rotatable bonds is 9. The first-order valence-electron chi connectivity index (χ1n) is 17.6. The molecule has 0 radical (unpaired) electrons. The highest BCUT2D eigenvalue weighted by molar-refractivity contribution is 5.38. The zero-order valence-corrected chi connectivity index (χ0v) is 27.2. The van der Waals surface area contributed by atoms with E-state index in [1.807, 2.05) is 0 Å². The third kappa shape index (κ3) is 5.60. The van der Waals surface area contributed by atoms with Crippen LogP contribution in [0.2, 0.25) is 0 Å². The molecule has 0 aliphatic heterocycles. The molecule has 6 rings (SSSR count). The molecule has 0 bridgehead atoms. The second kappa shape index (κ2) is 12.3. The molecule has 230 valence electrons. The van der Waals surface area contributed by atoms with Gasteiger partial charge in [-0.3, -0.25) is 0 Å². The SMILES string of the molecule is CC(C)CCC[C@@H](C)[C@H]1CC[C@H]2[C@@H]3CC[C@H]4C[C@H](c5ccccc5OCc5ccccc5)[C@@H](O)C[C@]4(C)[C@H]3CC[C@]12C. The largest absolute Gasteiger partial charge is 0.489 e. The molecule has 0 spiro atoms. The van der Waals surface area contributed by atoms with Crippen LogP contribution in [0, 0.1) is 52.3 Å². The van der Waals surface area contributed by atoms with Crippen molar-refractivity contribution >= 4 is 0 Å². The standard InChI is InChI=1S/C40H58O2/c1-27(2)12-11-13-28(3)34-20-21-35-32-19-18-30-24-33(37(41)25-40(30,5)36(32)22-23-39(34,35)4)31-16-9-10-17-38(31)42-26-29-14-7-6-8-15-29/h6-10,14-17,27-28,30,32-37,41H,11-13,18-26H2,1-5H3/t28-,30+,32+,33-,34-,35+,36+,37+,39-,40+/m1/s1. The van der Waals surface area contributed by atoms with Crippen molar-refractivity contribution in [1.82, 2.24) is 0 Å². The quantitative estimate of drug-likeness (QED) is 0.325. The molecule has 4 saturated carbocycles. The second-order valence-electron chi connectivity index (χ2n) is 16.1. The topological polar surface area (TPSA) is 29.5 Å². The van der Waals surface area contributed by atoms with Crippen molar-refractivity contribution in [2.45, 2.75) is 124 Å². The molecule has 4 aliphatic rings. The van der Waals surface area contributed by atoms with Crippen molar-refractivity contribution in [2.24, 2.45) is 52.3 Å². The van der Waals surface area contributed by atoms with Gasteiger partial charge in [0.1, 0.15) is 12.4 Å². The maximum Gasteiger partial charge on any atom is 0.123 e. The highest BCUT2D eigenvalue weighted by Gasteiger charge is 2.61. The van der Waals surface area contributed by atoms with E-state index < -0.39 is 0 Å². The summed E-state index contributed by atoms with van der Waals surface area (Å²) in [4.78, 5) is 0. The summed E-state index contributed by atoms with van der Waals surface area (Å²) in [5.74, 6) is 6.97. The lowest BCUT2D eigenvalue weighted by atomic mass is 9.43. The molecule has 0 aromatic heterocycles. The molecule has 2 aromatic carbocycles. The number of aliphatic hydroxyl groups is 1. The van der Waals surface area contributed by atoms with Crippen molar-refractivity contribution in [3.63, 3.8) is 0 Å². The van der Waals surface area contributed by atoms with Gasteiger partial charge in [0.05, 0.1) is 6.10 Å². The second-order valence-corrected chi connectivity index (χ2v) is 16.1. The Balaban J connectivity index is 1.15. The maximum absolute atomic E-state index is 11.8. The highest BCUT2D eigenvalue weighted by atomic mass is 16.5. The van der Waals surface area contributed by atoms with Crippen LogP contribution in [0.25, 0.3) is 0 Å². The lowest BCUT2D eigenvalue weighted by Gasteiger charge is -2.62. The van der Waals surface area contributed by atoms with Crippen molar-refractivity contribution in [3.8, 4) is 5.75 Å². The molecular formula is C40H58O2. The van der Waals surface area contributed by atoms with Crippen LogP contribution in [0.15, 0.2) is 54.6 Å². The fourth-order valence-electron chi connectivity index (χ4n) is 11.3. The van der Waals surface area contributed by atoms with Crippen LogP contribution in [0.3, 0.4) is 0 Å². The number of fused-ring (bicyclic) bond motifs is 5. The summed E-state index contributed by atoms with van der Waals surface area (Å²) in [5, 5.41) is 11.8. The summed E-state index contributed by atoms with van der Waals surface area (Å²) >= 11 is 0. The van der Waals surface area contributed by atoms with Crippen LogP contribution >= 0.6 is 0 Å². The number of para-hydroxylation sites is 1. The number of ether oxygens (including phenoxy) is 1. The lowest BCUT2D eigenvalue weighted by Crippen LogP contribution is -2.55. The summed E-state index contributed by atoms with van der Waals surface area (Å²) in [6.45, 7) is 13.2. The molecule has 0 saturated heterocycles. The van der Waals surface area contributed by atoms with E-state index in [1.54, 1.807) is 0 Å². The zero-order chi connectivity index (χ0) is 29.5. The van der Waals surface area contributed by atoms with Crippen molar-refractivity contribution in [2.75, 3.05) is 0 Å². The molecule has 0 unspecified atom stereocenters. The molecule has 1 N–H and O–H groups in total. The molecule has 10 atom stereocenters. The van der Waals surface area contributed by atoms with Gasteiger partial charge in [0.25, 0.3) is 0 Å². The molecule has 2 aromatic rings. The van der Waals surface area contributed by atoms with Gasteiger partial charge < -0.3 is 9.84 Å². The van der Waals surface area contributed by atoms with Crippen LogP contribution in [0.4, 0.5) is 0 Å². The van der Waals surface area contributed by atoms with Gasteiger partial charge in [0.15, 0.2) is 0 Å². The predicted molar refractivity (Wildman–Crippen MR) is 174 cm³/mol. The lowest BCUT2D eigenvalue weighted by molar-refractivity contribution is -0.138. The minimum atomic E-state index is -0.294. The van der Waals surface area contributed by atoms with E-state index in [4.69, 9.17) is 4.74 Å². The highest BCUT2D eigenvalue weighted by Crippen LogP contribution is 2.69. The van der Waals surface area contributed by atoms with Crippen molar-refractivity contribution < 1.29 is 9.84 Å². The molecule has 0 amide bonds. The summed E-state index contributed by atoms with van der Waals surface area (Å²) in [5.41, 5.74) is 3.20. The minimum absolute atomic E-state index is 0.169. The summed E-state index contributed by atoms with van der Waals surface area (Å²) in [6.07, 6.45) is 14.4. The number of aliphatic hydroxyl groups excluding tert-OH is 1. The Morgan fingerprint density at radius 3 is 2.36 bits per heavy atom. The minimum Gasteiger partial charge on any atom is -0.489 e. The Morgan fingerprint density at radius 1 is 0.833 bits per heavy atom. The van der Waals surface area contributed by atoms with Gasteiger partial charge in [0, 0.05) is 5.92 Å². The number of hydrogen-bond acceptors (Lipinski definition) is 2. The van der Waals surface area contributed by atoms with Gasteiger partial charge >= 0.3 is 0 Å². The third-order valence-electron chi connectivity index (χ3n) is 13.5. The van der Waals surface area contributed by atoms with Crippen LogP contribution in [-0.2, 0) is 6.61 Å². The Hall–Kier alpha value is -1.80. The van der Waals surface area contributed by atoms with Gasteiger partial charge in [-0.05, 0) is 121 Å². The summed E-state index contributed by atoms with van der Waals surface area (Å²) in [6, 6.07) is 19.0. The van der Waals surface area contributed by atoms with E-state index in [0.29, 0.717) is 17.9 Å². The Kier molecular flexibility index (Phi) is 8.85. The first-order chi connectivity index (χ1) is 20.2. The van der Waals surface area contributed by atoms with Crippen LogP contribution in [-0.4, -0.2) is 11.2 Å². The molecule has 4 aliphatic carbocycles. The van der Waals surface area contributed by atoms with Crippen molar-refractivity contribution in [3.05, 3.63) is 65.7 Å². The normalized spacial score (nSPS) is 38.4. The van der Waals surface area contributed by atoms with Gasteiger partial charge in [-0.1, -0.05) is 102 Å². The Labute approximate surface area is 257 Å². The molecule has 42 heavy (non-hydrogen) atoms. The van der Waals surface area contributed by atoms with Crippen LogP contribution in [0.5, 0.6) is 5.75 Å². The first-order valence-corrected chi connectivity index (χ1v) is 17.6. The van der Waals surface area contributed by atoms with Gasteiger partial charge in [-0.25, -0.2) is 0 Å². The van der Waals surface area contributed by atoms with E-state index in [1.165, 1.54) is 68.9 Å². The van der Waals surface area contributed by atoms with E-state index in [0.717, 1.165) is 54.1 Å². The molecule has 4 fully saturated rings. The Bertz CT molecular complexity index is 1170. The fraction of sp³-hybridized carbons (Fsp3) is 0.700. The van der Waals surface area contributed by atoms with E-state index >= 15 is 0 Å². The van der Waals surface area contributed by atoms with Crippen LogP contribution in [0.1, 0.15) is 122 Å². The molecule has 2 heteroatoms. The predicted octanol–water partition coefficient (Wildman–Crippen LogP) is 10.4. The third-order valence-corrected chi connectivity index (χ3v) is 13.5. The van der Waals surface area contributed by atoms with Gasteiger partial charge in [-0.2, -0.15) is 0 Å². The smallest absolute Gasteiger partial charge is 0.123 e. The fourth-order valence-corrected chi connectivity index (χ4v) is 11.3. The average Bonchev–Trinajstić information content (AvgIpc) is 3.33. The monoisotopic (exact) mass is 570 g/mol. The summed E-state index contributed by atoms with van der Waals surface area (Å²) in [7, 11) is 0. The first kappa shape index (κ1) is 30.2. The molecular weight excluding hydrogens is 512 g/mol. The van der Waals surface area contributed by atoms with E-state index in [2.05, 4.69) is 89.2 Å². The van der Waals surface area contributed by atoms with Crippen LogP contribution < -0.4 is 4.74 Å². The van der Waals surface area contributed by atoms with E-state index in [9.17, 15) is 5.11 Å². The molecule has 2 nitrogen and oxygen atoms in total. The zero-order valence-electron chi connectivity index (χ0n) is 27.2. The summed E-state index contributed by atoms with van der Waals surface area (Å²) < 4.78 is 6.38. The maximum atomic E-state index is 11.8. The average molecular weight is 571 g/mol. The molecule has 0 heterocycles. The van der Waals surface area contributed by atoms with Crippen molar-refractivity contribution in [1.29, 1.82) is 0 Å². The van der Waals surface area contributed by atoms with Gasteiger partial charge in [0.2, 0.25) is 0 Å².